The zero-order valence-electron chi connectivity index (χ0n) is 13.2. The molecule has 2 aliphatic heterocycles. The van der Waals surface area contributed by atoms with E-state index in [0.29, 0.717) is 6.04 Å². The lowest BCUT2D eigenvalue weighted by molar-refractivity contribution is 0.414. The number of methoxy groups -OCH3 is 1. The number of para-hydroxylation sites is 1. The Bertz CT molecular complexity index is 666. The lowest BCUT2D eigenvalue weighted by Crippen LogP contribution is -2.40. The zero-order valence-corrected chi connectivity index (χ0v) is 13.2. The topological polar surface area (TPSA) is 12.5 Å². The van der Waals surface area contributed by atoms with Crippen molar-refractivity contribution in [1.29, 1.82) is 0 Å². The standard InChI is InChI=1S/C20H23NO/c1-22-19-7-4-5-15(14-19)13-18-12-11-17-10-9-16-6-2-3-8-20(16)21(17)18/h2-8,14,17-18H,9-13H2,1H3/t17-,18+/m1/s1. The van der Waals surface area contributed by atoms with Crippen LogP contribution < -0.4 is 9.64 Å². The molecule has 0 amide bonds. The van der Waals surface area contributed by atoms with E-state index in [9.17, 15) is 0 Å². The number of hydrogen-bond acceptors (Lipinski definition) is 2. The molecule has 0 bridgehead atoms. The zero-order chi connectivity index (χ0) is 14.9. The molecule has 4 rings (SSSR count). The van der Waals surface area contributed by atoms with Crippen molar-refractivity contribution in [2.75, 3.05) is 12.0 Å². The van der Waals surface area contributed by atoms with Crippen LogP contribution in [0.25, 0.3) is 0 Å². The molecule has 1 fully saturated rings. The molecule has 2 aromatic carbocycles. The molecule has 1 saturated heterocycles. The van der Waals surface area contributed by atoms with Crippen molar-refractivity contribution >= 4 is 5.69 Å². The molecule has 0 radical (unpaired) electrons. The maximum absolute atomic E-state index is 5.37. The highest BCUT2D eigenvalue weighted by Gasteiger charge is 2.36. The first-order valence-electron chi connectivity index (χ1n) is 8.34. The third-order valence-electron chi connectivity index (χ3n) is 5.24. The van der Waals surface area contributed by atoms with E-state index in [2.05, 4.69) is 47.4 Å². The summed E-state index contributed by atoms with van der Waals surface area (Å²) in [5, 5.41) is 0. The van der Waals surface area contributed by atoms with Gasteiger partial charge in [0.1, 0.15) is 5.75 Å². The maximum atomic E-state index is 5.37. The molecular formula is C20H23NO. The van der Waals surface area contributed by atoms with E-state index in [4.69, 9.17) is 4.74 Å². The molecule has 2 atom stereocenters. The van der Waals surface area contributed by atoms with E-state index in [1.54, 1.807) is 7.11 Å². The molecule has 0 spiro atoms. The van der Waals surface area contributed by atoms with Gasteiger partial charge in [-0.15, -0.1) is 0 Å². The summed E-state index contributed by atoms with van der Waals surface area (Å²) in [5.41, 5.74) is 4.38. The van der Waals surface area contributed by atoms with E-state index in [1.807, 2.05) is 6.07 Å². The van der Waals surface area contributed by atoms with E-state index >= 15 is 0 Å². The second-order valence-electron chi connectivity index (χ2n) is 6.52. The third-order valence-corrected chi connectivity index (χ3v) is 5.24. The molecule has 114 valence electrons. The molecule has 0 N–H and O–H groups in total. The van der Waals surface area contributed by atoms with E-state index < -0.39 is 0 Å². The number of fused-ring (bicyclic) bond motifs is 3. The summed E-state index contributed by atoms with van der Waals surface area (Å²) < 4.78 is 5.37. The van der Waals surface area contributed by atoms with E-state index in [0.717, 1.165) is 18.2 Å². The van der Waals surface area contributed by atoms with Gasteiger partial charge in [0.05, 0.1) is 7.11 Å². The van der Waals surface area contributed by atoms with Gasteiger partial charge in [0.2, 0.25) is 0 Å². The van der Waals surface area contributed by atoms with Gasteiger partial charge in [0, 0.05) is 17.8 Å². The van der Waals surface area contributed by atoms with Crippen molar-refractivity contribution in [1.82, 2.24) is 0 Å². The monoisotopic (exact) mass is 293 g/mol. The van der Waals surface area contributed by atoms with Crippen LogP contribution in [0.15, 0.2) is 48.5 Å². The van der Waals surface area contributed by atoms with Crippen LogP contribution in [0.4, 0.5) is 5.69 Å². The van der Waals surface area contributed by atoms with Crippen LogP contribution in [0.2, 0.25) is 0 Å². The number of nitrogens with zero attached hydrogens (tertiary/aromatic N) is 1. The van der Waals surface area contributed by atoms with Gasteiger partial charge < -0.3 is 9.64 Å². The van der Waals surface area contributed by atoms with Crippen molar-refractivity contribution in [3.63, 3.8) is 0 Å². The Morgan fingerprint density at radius 1 is 1.05 bits per heavy atom. The number of ether oxygens (including phenoxy) is 1. The summed E-state index contributed by atoms with van der Waals surface area (Å²) in [5.74, 6) is 0.964. The second-order valence-corrected chi connectivity index (χ2v) is 6.52. The Hall–Kier alpha value is -1.96. The Balaban J connectivity index is 1.61. The molecule has 2 heterocycles. The van der Waals surface area contributed by atoms with Gasteiger partial charge in [-0.2, -0.15) is 0 Å². The fraction of sp³-hybridized carbons (Fsp3) is 0.400. The van der Waals surface area contributed by atoms with Crippen LogP contribution in [0.3, 0.4) is 0 Å². The first-order valence-corrected chi connectivity index (χ1v) is 8.34. The van der Waals surface area contributed by atoms with Crippen LogP contribution in [0.5, 0.6) is 5.75 Å². The minimum Gasteiger partial charge on any atom is -0.497 e. The molecule has 0 unspecified atom stereocenters. The molecule has 0 aromatic heterocycles. The maximum Gasteiger partial charge on any atom is 0.119 e. The van der Waals surface area contributed by atoms with Crippen molar-refractivity contribution in [3.05, 3.63) is 59.7 Å². The molecular weight excluding hydrogens is 270 g/mol. The van der Waals surface area contributed by atoms with Crippen LogP contribution in [0.1, 0.15) is 30.4 Å². The average molecular weight is 293 g/mol. The van der Waals surface area contributed by atoms with Gasteiger partial charge in [-0.1, -0.05) is 30.3 Å². The Kier molecular flexibility index (Phi) is 3.53. The second kappa shape index (κ2) is 5.68. The lowest BCUT2D eigenvalue weighted by Gasteiger charge is -2.38. The van der Waals surface area contributed by atoms with Gasteiger partial charge in [0.15, 0.2) is 0 Å². The summed E-state index contributed by atoms with van der Waals surface area (Å²) in [6.07, 6.45) is 6.30. The Morgan fingerprint density at radius 3 is 2.86 bits per heavy atom. The van der Waals surface area contributed by atoms with Gasteiger partial charge in [-0.05, 0) is 61.4 Å². The summed E-state index contributed by atoms with van der Waals surface area (Å²) >= 11 is 0. The molecule has 2 aliphatic rings. The molecule has 22 heavy (non-hydrogen) atoms. The van der Waals surface area contributed by atoms with Crippen LogP contribution in [0, 0.1) is 0 Å². The van der Waals surface area contributed by atoms with Crippen LogP contribution >= 0.6 is 0 Å². The highest BCUT2D eigenvalue weighted by Crippen LogP contribution is 2.40. The van der Waals surface area contributed by atoms with Crippen molar-refractivity contribution in [2.24, 2.45) is 0 Å². The van der Waals surface area contributed by atoms with E-state index in [-0.39, 0.29) is 0 Å². The average Bonchev–Trinajstić information content (AvgIpc) is 2.98. The van der Waals surface area contributed by atoms with Crippen molar-refractivity contribution < 1.29 is 4.74 Å². The molecule has 0 aliphatic carbocycles. The summed E-state index contributed by atoms with van der Waals surface area (Å²) in [7, 11) is 1.74. The predicted molar refractivity (Wildman–Crippen MR) is 90.8 cm³/mol. The van der Waals surface area contributed by atoms with Gasteiger partial charge >= 0.3 is 0 Å². The summed E-state index contributed by atoms with van der Waals surface area (Å²) in [6, 6.07) is 18.9. The molecule has 2 nitrogen and oxygen atoms in total. The quantitative estimate of drug-likeness (QED) is 0.840. The Morgan fingerprint density at radius 2 is 1.95 bits per heavy atom. The summed E-state index contributed by atoms with van der Waals surface area (Å²) in [4.78, 5) is 2.71. The van der Waals surface area contributed by atoms with Crippen molar-refractivity contribution in [2.45, 2.75) is 44.2 Å². The van der Waals surface area contributed by atoms with Crippen LogP contribution in [-0.2, 0) is 12.8 Å². The number of hydrogen-bond donors (Lipinski definition) is 0. The van der Waals surface area contributed by atoms with Gasteiger partial charge in [-0.3, -0.25) is 0 Å². The molecule has 0 saturated carbocycles. The lowest BCUT2D eigenvalue weighted by atomic mass is 9.96. The number of aryl methyl sites for hydroxylation is 1. The van der Waals surface area contributed by atoms with Crippen molar-refractivity contribution in [3.8, 4) is 5.75 Å². The first kappa shape index (κ1) is 13.7. The predicted octanol–water partition coefficient (Wildman–Crippen LogP) is 4.22. The smallest absolute Gasteiger partial charge is 0.119 e. The normalized spacial score (nSPS) is 23.0. The number of rotatable bonds is 3. The number of anilines is 1. The number of benzene rings is 2. The largest absolute Gasteiger partial charge is 0.497 e. The van der Waals surface area contributed by atoms with E-state index in [1.165, 1.54) is 42.5 Å². The Labute approximate surface area is 132 Å². The minimum absolute atomic E-state index is 0.624. The fourth-order valence-corrected chi connectivity index (χ4v) is 4.21. The van der Waals surface area contributed by atoms with Gasteiger partial charge in [-0.25, -0.2) is 0 Å². The highest BCUT2D eigenvalue weighted by molar-refractivity contribution is 5.58. The first-order chi connectivity index (χ1) is 10.8. The SMILES string of the molecule is COc1cccc(C[C@@H]2CC[C@H]3CCc4ccccc4N32)c1. The van der Waals surface area contributed by atoms with Crippen LogP contribution in [-0.4, -0.2) is 19.2 Å². The fourth-order valence-electron chi connectivity index (χ4n) is 4.21. The highest BCUT2D eigenvalue weighted by atomic mass is 16.5. The summed E-state index contributed by atoms with van der Waals surface area (Å²) in [6.45, 7) is 0. The third kappa shape index (κ3) is 2.37. The van der Waals surface area contributed by atoms with Gasteiger partial charge in [0.25, 0.3) is 0 Å². The minimum atomic E-state index is 0.624. The molecule has 2 heteroatoms. The molecule has 2 aromatic rings.